The van der Waals surface area contributed by atoms with Crippen LogP contribution < -0.4 is 10.5 Å². The van der Waals surface area contributed by atoms with Gasteiger partial charge in [0.05, 0.1) is 15.5 Å². The Morgan fingerprint density at radius 2 is 2.28 bits per heavy atom. The highest BCUT2D eigenvalue weighted by atomic mass is 79.9. The summed E-state index contributed by atoms with van der Waals surface area (Å²) in [7, 11) is 0. The summed E-state index contributed by atoms with van der Waals surface area (Å²) in [4.78, 5) is 20.3. The van der Waals surface area contributed by atoms with E-state index >= 15 is 0 Å². The molecule has 0 amide bonds. The molecule has 0 saturated carbocycles. The van der Waals surface area contributed by atoms with Gasteiger partial charge in [-0.05, 0) is 22.0 Å². The van der Waals surface area contributed by atoms with Gasteiger partial charge in [0.1, 0.15) is 18.5 Å². The van der Waals surface area contributed by atoms with Gasteiger partial charge in [0.25, 0.3) is 0 Å². The van der Waals surface area contributed by atoms with E-state index in [1.165, 1.54) is 0 Å². The van der Waals surface area contributed by atoms with Crippen LogP contribution in [-0.2, 0) is 4.79 Å². The fraction of sp³-hybridized carbons (Fsp3) is 0.222. The Morgan fingerprint density at radius 3 is 2.78 bits per heavy atom. The van der Waals surface area contributed by atoms with Crippen LogP contribution in [0.15, 0.2) is 16.6 Å². The third-order valence-electron chi connectivity index (χ3n) is 1.91. The molecule has 1 rings (SSSR count). The Kier molecular flexibility index (Phi) is 4.56. The first-order chi connectivity index (χ1) is 8.32. The number of nitrogens with zero attached hydrogens (tertiary/aromatic N) is 1. The van der Waals surface area contributed by atoms with Crippen LogP contribution in [0, 0.1) is 15.9 Å². The summed E-state index contributed by atoms with van der Waals surface area (Å²) in [6, 6.07) is 0.308. The van der Waals surface area contributed by atoms with Gasteiger partial charge in [-0.15, -0.1) is 0 Å². The van der Waals surface area contributed by atoms with Gasteiger partial charge in [-0.25, -0.2) is 4.39 Å². The van der Waals surface area contributed by atoms with Crippen LogP contribution >= 0.6 is 15.9 Å². The highest BCUT2D eigenvalue weighted by Crippen LogP contribution is 2.35. The Labute approximate surface area is 109 Å². The largest absolute Gasteiger partial charge is 0.484 e. The monoisotopic (exact) mass is 322 g/mol. The first kappa shape index (κ1) is 14.3. The molecule has 0 aliphatic heterocycles. The molecule has 0 saturated heterocycles. The summed E-state index contributed by atoms with van der Waals surface area (Å²) < 4.78 is 17.9. The number of ether oxygens (including phenoxy) is 1. The highest BCUT2D eigenvalue weighted by molar-refractivity contribution is 9.10. The number of carboxylic acids is 1. The lowest BCUT2D eigenvalue weighted by Crippen LogP contribution is -2.36. The number of nitro groups is 1. The van der Waals surface area contributed by atoms with Crippen molar-refractivity contribution in [1.29, 1.82) is 0 Å². The van der Waals surface area contributed by atoms with Crippen molar-refractivity contribution in [1.82, 2.24) is 0 Å². The lowest BCUT2D eigenvalue weighted by molar-refractivity contribution is -0.386. The smallest absolute Gasteiger partial charge is 0.324 e. The summed E-state index contributed by atoms with van der Waals surface area (Å²) in [5, 5.41) is 19.2. The van der Waals surface area contributed by atoms with Crippen LogP contribution in [0.4, 0.5) is 10.1 Å². The van der Waals surface area contributed by atoms with Gasteiger partial charge >= 0.3 is 11.7 Å². The Bertz CT molecular complexity index is 496. The zero-order valence-corrected chi connectivity index (χ0v) is 10.4. The van der Waals surface area contributed by atoms with Crippen LogP contribution in [-0.4, -0.2) is 28.6 Å². The zero-order valence-electron chi connectivity index (χ0n) is 8.80. The van der Waals surface area contributed by atoms with E-state index in [1.807, 2.05) is 0 Å². The SMILES string of the molecule is NC(COc1c(Br)cc(F)cc1[N+](=O)[O-])C(=O)O. The van der Waals surface area contributed by atoms with E-state index in [2.05, 4.69) is 15.9 Å². The van der Waals surface area contributed by atoms with Crippen LogP contribution in [0.5, 0.6) is 5.75 Å². The molecule has 7 nitrogen and oxygen atoms in total. The Hall–Kier alpha value is -1.74. The predicted octanol–water partition coefficient (Wildman–Crippen LogP) is 1.29. The molecular weight excluding hydrogens is 315 g/mol. The first-order valence-corrected chi connectivity index (χ1v) is 5.37. The number of aliphatic carboxylic acids is 1. The number of carbonyl (C=O) groups is 1. The number of nitro benzene ring substituents is 1. The van der Waals surface area contributed by atoms with E-state index in [9.17, 15) is 19.3 Å². The highest BCUT2D eigenvalue weighted by Gasteiger charge is 2.22. The Morgan fingerprint density at radius 1 is 1.67 bits per heavy atom. The molecule has 0 bridgehead atoms. The zero-order chi connectivity index (χ0) is 13.9. The molecule has 1 atom stereocenters. The molecule has 0 aliphatic rings. The molecule has 0 heterocycles. The van der Waals surface area contributed by atoms with E-state index in [4.69, 9.17) is 15.6 Å². The number of nitrogens with two attached hydrogens (primary N) is 1. The van der Waals surface area contributed by atoms with E-state index in [-0.39, 0.29) is 10.2 Å². The quantitative estimate of drug-likeness (QED) is 0.623. The van der Waals surface area contributed by atoms with Crippen LogP contribution in [0.2, 0.25) is 0 Å². The summed E-state index contributed by atoms with van der Waals surface area (Å²) in [6.07, 6.45) is 0. The van der Waals surface area contributed by atoms with Crippen molar-refractivity contribution in [3.8, 4) is 5.75 Å². The van der Waals surface area contributed by atoms with Crippen molar-refractivity contribution < 1.29 is 24.0 Å². The minimum Gasteiger partial charge on any atom is -0.484 e. The minimum absolute atomic E-state index is 0.00629. The predicted molar refractivity (Wildman–Crippen MR) is 61.9 cm³/mol. The molecule has 0 aliphatic carbocycles. The van der Waals surface area contributed by atoms with E-state index in [0.29, 0.717) is 6.07 Å². The molecular formula is C9H8BrFN2O5. The maximum atomic E-state index is 13.0. The van der Waals surface area contributed by atoms with Crippen molar-refractivity contribution in [3.63, 3.8) is 0 Å². The maximum Gasteiger partial charge on any atom is 0.324 e. The maximum absolute atomic E-state index is 13.0. The molecule has 3 N–H and O–H groups in total. The second-order valence-corrected chi connectivity index (χ2v) is 4.10. The third kappa shape index (κ3) is 3.37. The molecule has 98 valence electrons. The van der Waals surface area contributed by atoms with E-state index < -0.39 is 35.0 Å². The van der Waals surface area contributed by atoms with E-state index in [0.717, 1.165) is 6.07 Å². The summed E-state index contributed by atoms with van der Waals surface area (Å²) in [5.41, 5.74) is 4.58. The summed E-state index contributed by atoms with van der Waals surface area (Å²) in [6.45, 7) is -0.472. The average molecular weight is 323 g/mol. The molecule has 0 aromatic heterocycles. The van der Waals surface area contributed by atoms with Crippen molar-refractivity contribution in [2.75, 3.05) is 6.61 Å². The number of halogens is 2. The number of rotatable bonds is 5. The van der Waals surface area contributed by atoms with Crippen molar-refractivity contribution in [2.24, 2.45) is 5.73 Å². The minimum atomic E-state index is -1.33. The second-order valence-electron chi connectivity index (χ2n) is 3.25. The number of carboxylic acid groups (broad SMARTS) is 1. The average Bonchev–Trinajstić information content (AvgIpc) is 2.26. The lowest BCUT2D eigenvalue weighted by Gasteiger charge is -2.11. The molecule has 0 fully saturated rings. The van der Waals surface area contributed by atoms with Gasteiger partial charge in [0.2, 0.25) is 5.75 Å². The molecule has 0 spiro atoms. The molecule has 1 aromatic rings. The molecule has 1 aromatic carbocycles. The van der Waals surface area contributed by atoms with Crippen molar-refractivity contribution in [3.05, 3.63) is 32.5 Å². The van der Waals surface area contributed by atoms with E-state index in [1.54, 1.807) is 0 Å². The molecule has 9 heteroatoms. The van der Waals surface area contributed by atoms with Gasteiger partial charge in [0.15, 0.2) is 0 Å². The Balaban J connectivity index is 3.00. The van der Waals surface area contributed by atoms with Crippen LogP contribution in [0.1, 0.15) is 0 Å². The van der Waals surface area contributed by atoms with Gasteiger partial charge in [-0.3, -0.25) is 14.9 Å². The van der Waals surface area contributed by atoms with Crippen molar-refractivity contribution >= 4 is 27.6 Å². The standard InChI is InChI=1S/C9H8BrFN2O5/c10-5-1-4(11)2-7(13(16)17)8(5)18-3-6(12)9(14)15/h1-2,6H,3,12H2,(H,14,15). The summed E-state index contributed by atoms with van der Waals surface area (Å²) >= 11 is 2.90. The second kappa shape index (κ2) is 5.74. The fourth-order valence-corrected chi connectivity index (χ4v) is 1.61. The lowest BCUT2D eigenvalue weighted by atomic mass is 10.3. The number of hydrogen-bond donors (Lipinski definition) is 2. The molecule has 1 unspecified atom stereocenters. The van der Waals surface area contributed by atoms with Crippen LogP contribution in [0.3, 0.4) is 0 Å². The molecule has 0 radical (unpaired) electrons. The van der Waals surface area contributed by atoms with Crippen LogP contribution in [0.25, 0.3) is 0 Å². The topological polar surface area (TPSA) is 116 Å². The van der Waals surface area contributed by atoms with Gasteiger partial charge in [-0.1, -0.05) is 0 Å². The number of benzene rings is 1. The van der Waals surface area contributed by atoms with Gasteiger partial charge < -0.3 is 15.6 Å². The van der Waals surface area contributed by atoms with Crippen molar-refractivity contribution in [2.45, 2.75) is 6.04 Å². The molecule has 18 heavy (non-hydrogen) atoms. The number of hydrogen-bond acceptors (Lipinski definition) is 5. The van der Waals surface area contributed by atoms with Gasteiger partial charge in [-0.2, -0.15) is 0 Å². The van der Waals surface area contributed by atoms with Gasteiger partial charge in [0, 0.05) is 0 Å². The normalized spacial score (nSPS) is 11.9. The third-order valence-corrected chi connectivity index (χ3v) is 2.50. The first-order valence-electron chi connectivity index (χ1n) is 4.57. The summed E-state index contributed by atoms with van der Waals surface area (Å²) in [5.74, 6) is -2.39. The fourth-order valence-electron chi connectivity index (χ4n) is 1.07.